The summed E-state index contributed by atoms with van der Waals surface area (Å²) in [7, 11) is 3.24. The maximum atomic E-state index is 12.9. The summed E-state index contributed by atoms with van der Waals surface area (Å²) in [4.78, 5) is 28.0. The number of ether oxygens (including phenoxy) is 2. The fraction of sp³-hybridized carbons (Fsp3) is 0.368. The van der Waals surface area contributed by atoms with Crippen molar-refractivity contribution < 1.29 is 19.1 Å². The third-order valence-electron chi connectivity index (χ3n) is 5.00. The van der Waals surface area contributed by atoms with Gasteiger partial charge in [-0.25, -0.2) is 4.79 Å². The van der Waals surface area contributed by atoms with Crippen molar-refractivity contribution in [3.05, 3.63) is 42.0 Å². The molecular formula is C19H20N4O4. The standard InChI is InChI=1S/C19H20N4O4/c1-22-11-19(27-18(22)25)8-9-23(12-19)17(24)14-5-3-4-13(10-14)15-6-7-16(26-2)21-20-15/h3-7,10H,8-9,11-12H2,1-2H3/t19-/m1/s1. The van der Waals surface area contributed by atoms with Crippen molar-refractivity contribution in [3.8, 4) is 17.1 Å². The highest BCUT2D eigenvalue weighted by Gasteiger charge is 2.49. The largest absolute Gasteiger partial charge is 0.480 e. The van der Waals surface area contributed by atoms with Crippen LogP contribution < -0.4 is 4.74 Å². The maximum Gasteiger partial charge on any atom is 0.410 e. The van der Waals surface area contributed by atoms with E-state index in [9.17, 15) is 9.59 Å². The third-order valence-corrected chi connectivity index (χ3v) is 5.00. The van der Waals surface area contributed by atoms with Gasteiger partial charge in [0.05, 0.1) is 25.9 Å². The zero-order chi connectivity index (χ0) is 19.0. The van der Waals surface area contributed by atoms with Gasteiger partial charge in [-0.1, -0.05) is 12.1 Å². The predicted octanol–water partition coefficient (Wildman–Crippen LogP) is 1.82. The Balaban J connectivity index is 1.52. The summed E-state index contributed by atoms with van der Waals surface area (Å²) in [6.45, 7) is 1.48. The van der Waals surface area contributed by atoms with Crippen LogP contribution in [0.4, 0.5) is 4.79 Å². The minimum atomic E-state index is -0.583. The Morgan fingerprint density at radius 3 is 2.74 bits per heavy atom. The first-order chi connectivity index (χ1) is 13.0. The minimum Gasteiger partial charge on any atom is -0.480 e. The smallest absolute Gasteiger partial charge is 0.410 e. The molecule has 0 aliphatic carbocycles. The lowest BCUT2D eigenvalue weighted by atomic mass is 10.0. The molecule has 0 unspecified atom stereocenters. The van der Waals surface area contributed by atoms with E-state index in [1.807, 2.05) is 12.1 Å². The van der Waals surface area contributed by atoms with Crippen molar-refractivity contribution in [3.63, 3.8) is 0 Å². The normalized spacial score (nSPS) is 21.6. The van der Waals surface area contributed by atoms with Crippen LogP contribution in [0.1, 0.15) is 16.8 Å². The van der Waals surface area contributed by atoms with Gasteiger partial charge in [0.1, 0.15) is 0 Å². The molecule has 27 heavy (non-hydrogen) atoms. The Kier molecular flexibility index (Phi) is 4.18. The number of aromatic nitrogens is 2. The van der Waals surface area contributed by atoms with Crippen LogP contribution in [0.15, 0.2) is 36.4 Å². The fourth-order valence-electron chi connectivity index (χ4n) is 3.60. The molecule has 8 heteroatoms. The summed E-state index contributed by atoms with van der Waals surface area (Å²) < 4.78 is 10.5. The van der Waals surface area contributed by atoms with Crippen LogP contribution in [-0.2, 0) is 4.74 Å². The van der Waals surface area contributed by atoms with Crippen LogP contribution in [0.25, 0.3) is 11.3 Å². The lowest BCUT2D eigenvalue weighted by Crippen LogP contribution is -2.39. The van der Waals surface area contributed by atoms with Gasteiger partial charge in [0, 0.05) is 37.2 Å². The summed E-state index contributed by atoms with van der Waals surface area (Å²) in [5, 5.41) is 8.10. The molecule has 140 valence electrons. The van der Waals surface area contributed by atoms with Gasteiger partial charge < -0.3 is 19.3 Å². The van der Waals surface area contributed by atoms with Crippen molar-refractivity contribution in [2.24, 2.45) is 0 Å². The lowest BCUT2D eigenvalue weighted by Gasteiger charge is -2.22. The molecule has 2 fully saturated rings. The van der Waals surface area contributed by atoms with Gasteiger partial charge in [-0.2, -0.15) is 0 Å². The van der Waals surface area contributed by atoms with Gasteiger partial charge in [0.15, 0.2) is 5.60 Å². The molecule has 1 atom stereocenters. The van der Waals surface area contributed by atoms with Gasteiger partial charge in [0.2, 0.25) is 5.88 Å². The molecule has 2 amide bonds. The highest BCUT2D eigenvalue weighted by Crippen LogP contribution is 2.32. The molecule has 2 aliphatic rings. The van der Waals surface area contributed by atoms with E-state index in [1.54, 1.807) is 41.1 Å². The number of carbonyl (C=O) groups excluding carboxylic acids is 2. The van der Waals surface area contributed by atoms with Crippen LogP contribution in [0.3, 0.4) is 0 Å². The second-order valence-electron chi connectivity index (χ2n) is 6.93. The summed E-state index contributed by atoms with van der Waals surface area (Å²) in [5.74, 6) is 0.352. The fourth-order valence-corrected chi connectivity index (χ4v) is 3.60. The first-order valence-corrected chi connectivity index (χ1v) is 8.71. The van der Waals surface area contributed by atoms with Gasteiger partial charge in [0.25, 0.3) is 5.91 Å². The maximum absolute atomic E-state index is 12.9. The molecule has 1 aromatic carbocycles. The Morgan fingerprint density at radius 2 is 2.07 bits per heavy atom. The van der Waals surface area contributed by atoms with Crippen molar-refractivity contribution in [1.29, 1.82) is 0 Å². The molecule has 2 saturated heterocycles. The average molecular weight is 368 g/mol. The summed E-state index contributed by atoms with van der Waals surface area (Å²) >= 11 is 0. The number of rotatable bonds is 3. The first-order valence-electron chi connectivity index (χ1n) is 8.71. The molecule has 0 N–H and O–H groups in total. The van der Waals surface area contributed by atoms with Crippen LogP contribution in [-0.4, -0.2) is 71.4 Å². The van der Waals surface area contributed by atoms with E-state index >= 15 is 0 Å². The molecule has 1 aromatic heterocycles. The van der Waals surface area contributed by atoms with E-state index < -0.39 is 5.60 Å². The van der Waals surface area contributed by atoms with Crippen molar-refractivity contribution in [2.75, 3.05) is 33.8 Å². The second kappa shape index (κ2) is 6.53. The third kappa shape index (κ3) is 3.18. The SMILES string of the molecule is COc1ccc(-c2cccc(C(=O)N3CC[C@@]4(CN(C)C(=O)O4)C3)c2)nn1. The number of methoxy groups -OCH3 is 1. The van der Waals surface area contributed by atoms with Crippen LogP contribution in [0, 0.1) is 0 Å². The van der Waals surface area contributed by atoms with E-state index in [1.165, 1.54) is 7.11 Å². The summed E-state index contributed by atoms with van der Waals surface area (Å²) in [6.07, 6.45) is 0.322. The van der Waals surface area contributed by atoms with Crippen molar-refractivity contribution >= 4 is 12.0 Å². The van der Waals surface area contributed by atoms with Crippen molar-refractivity contribution in [2.45, 2.75) is 12.0 Å². The van der Waals surface area contributed by atoms with Gasteiger partial charge in [-0.3, -0.25) is 4.79 Å². The molecule has 0 bridgehead atoms. The average Bonchev–Trinajstić information content (AvgIpc) is 3.23. The predicted molar refractivity (Wildman–Crippen MR) is 96.4 cm³/mol. The molecule has 8 nitrogen and oxygen atoms in total. The van der Waals surface area contributed by atoms with Gasteiger partial charge >= 0.3 is 6.09 Å². The summed E-state index contributed by atoms with van der Waals surface area (Å²) in [5.41, 5.74) is 1.45. The van der Waals surface area contributed by atoms with Crippen LogP contribution in [0.5, 0.6) is 5.88 Å². The van der Waals surface area contributed by atoms with Crippen LogP contribution in [0.2, 0.25) is 0 Å². The molecule has 4 rings (SSSR count). The zero-order valence-corrected chi connectivity index (χ0v) is 15.2. The monoisotopic (exact) mass is 368 g/mol. The molecule has 0 radical (unpaired) electrons. The summed E-state index contributed by atoms with van der Waals surface area (Å²) in [6, 6.07) is 10.8. The molecule has 2 aliphatic heterocycles. The highest BCUT2D eigenvalue weighted by atomic mass is 16.6. The Morgan fingerprint density at radius 1 is 1.22 bits per heavy atom. The van der Waals surface area contributed by atoms with Gasteiger partial charge in [-0.15, -0.1) is 10.2 Å². The number of carbonyl (C=O) groups is 2. The van der Waals surface area contributed by atoms with E-state index in [0.29, 0.717) is 43.2 Å². The number of nitrogens with zero attached hydrogens (tertiary/aromatic N) is 4. The first kappa shape index (κ1) is 17.3. The van der Waals surface area contributed by atoms with E-state index in [0.717, 1.165) is 5.56 Å². The molecule has 1 spiro atoms. The molecule has 3 heterocycles. The number of hydrogen-bond donors (Lipinski definition) is 0. The van der Waals surface area contributed by atoms with E-state index in [-0.39, 0.29) is 12.0 Å². The quantitative estimate of drug-likeness (QED) is 0.822. The number of likely N-dealkylation sites (N-methyl/N-ethyl adjacent to an activating group) is 1. The highest BCUT2D eigenvalue weighted by molar-refractivity contribution is 5.95. The minimum absolute atomic E-state index is 0.0826. The Labute approximate surface area is 156 Å². The topological polar surface area (TPSA) is 84.9 Å². The number of likely N-dealkylation sites (tertiary alicyclic amines) is 1. The van der Waals surface area contributed by atoms with Crippen molar-refractivity contribution in [1.82, 2.24) is 20.0 Å². The molecular weight excluding hydrogens is 348 g/mol. The second-order valence-corrected chi connectivity index (χ2v) is 6.93. The van der Waals surface area contributed by atoms with E-state index in [4.69, 9.17) is 9.47 Å². The molecule has 0 saturated carbocycles. The number of hydrogen-bond acceptors (Lipinski definition) is 6. The Hall–Kier alpha value is -3.16. The van der Waals surface area contributed by atoms with Crippen LogP contribution >= 0.6 is 0 Å². The Bertz CT molecular complexity index is 886. The zero-order valence-electron chi connectivity index (χ0n) is 15.2. The lowest BCUT2D eigenvalue weighted by molar-refractivity contribution is 0.0553. The number of benzene rings is 1. The molecule has 2 aromatic rings. The van der Waals surface area contributed by atoms with Gasteiger partial charge in [-0.05, 0) is 18.2 Å². The van der Waals surface area contributed by atoms with E-state index in [2.05, 4.69) is 10.2 Å². The number of amides is 2.